The number of non-ortho nitro benzene ring substituents is 1. The first kappa shape index (κ1) is 24.9. The SMILES string of the molecule is C/C=C\N=C(C)NC(=O)[C@H](CC1CCCCC1)B1CCC(c2cccc([N+](=O)[O-])c2)CC1=O. The summed E-state index contributed by atoms with van der Waals surface area (Å²) in [6, 6.07) is 6.58. The largest absolute Gasteiger partial charge is 0.315 e. The predicted octanol–water partition coefficient (Wildman–Crippen LogP) is 5.48. The van der Waals surface area contributed by atoms with E-state index in [-0.39, 0.29) is 35.7 Å². The van der Waals surface area contributed by atoms with Crippen LogP contribution in [0.1, 0.15) is 76.7 Å². The van der Waals surface area contributed by atoms with Gasteiger partial charge in [-0.25, -0.2) is 4.99 Å². The molecule has 1 saturated heterocycles. The molecule has 1 unspecified atom stereocenters. The van der Waals surface area contributed by atoms with Crippen molar-refractivity contribution in [3.8, 4) is 0 Å². The minimum Gasteiger partial charge on any atom is -0.315 e. The quantitative estimate of drug-likeness (QED) is 0.195. The lowest BCUT2D eigenvalue weighted by molar-refractivity contribution is -0.384. The Morgan fingerprint density at radius 1 is 1.30 bits per heavy atom. The molecule has 1 aliphatic heterocycles. The average Bonchev–Trinajstić information content (AvgIpc) is 2.82. The molecule has 1 aliphatic carbocycles. The fraction of sp³-hybridized carbons (Fsp3) is 0.560. The van der Waals surface area contributed by atoms with Gasteiger partial charge in [-0.2, -0.15) is 0 Å². The van der Waals surface area contributed by atoms with Gasteiger partial charge in [0.25, 0.3) is 5.69 Å². The molecule has 0 aromatic heterocycles. The third-order valence-corrected chi connectivity index (χ3v) is 7.10. The van der Waals surface area contributed by atoms with Gasteiger partial charge in [0.1, 0.15) is 5.84 Å². The third-order valence-electron chi connectivity index (χ3n) is 7.10. The molecule has 33 heavy (non-hydrogen) atoms. The van der Waals surface area contributed by atoms with Crippen LogP contribution in [0.3, 0.4) is 0 Å². The van der Waals surface area contributed by atoms with Crippen molar-refractivity contribution in [1.29, 1.82) is 0 Å². The van der Waals surface area contributed by atoms with Gasteiger partial charge in [-0.05, 0) is 37.7 Å². The van der Waals surface area contributed by atoms with Crippen molar-refractivity contribution in [3.05, 3.63) is 52.2 Å². The number of allylic oxidation sites excluding steroid dienone is 1. The topological polar surface area (TPSA) is 102 Å². The lowest BCUT2D eigenvalue weighted by Gasteiger charge is -2.33. The van der Waals surface area contributed by atoms with Gasteiger partial charge in [-0.3, -0.25) is 14.9 Å². The van der Waals surface area contributed by atoms with Crippen LogP contribution >= 0.6 is 0 Å². The van der Waals surface area contributed by atoms with Crippen LogP contribution in [0.25, 0.3) is 0 Å². The molecule has 8 heteroatoms. The minimum atomic E-state index is -0.404. The van der Waals surface area contributed by atoms with E-state index >= 15 is 0 Å². The van der Waals surface area contributed by atoms with Gasteiger partial charge in [-0.1, -0.05) is 63.1 Å². The van der Waals surface area contributed by atoms with E-state index in [1.54, 1.807) is 31.3 Å². The number of nitrogens with zero attached hydrogens (tertiary/aromatic N) is 2. The van der Waals surface area contributed by atoms with E-state index in [1.807, 2.05) is 13.0 Å². The van der Waals surface area contributed by atoms with Crippen molar-refractivity contribution in [2.45, 2.75) is 83.3 Å². The molecule has 2 atom stereocenters. The highest BCUT2D eigenvalue weighted by Crippen LogP contribution is 2.39. The number of nitrogens with one attached hydrogen (secondary N) is 1. The number of hydrogen-bond acceptors (Lipinski definition) is 5. The fourth-order valence-corrected chi connectivity index (χ4v) is 5.37. The van der Waals surface area contributed by atoms with Gasteiger partial charge in [0.2, 0.25) is 12.6 Å². The molecule has 0 radical (unpaired) electrons. The normalized spacial score (nSPS) is 21.3. The van der Waals surface area contributed by atoms with Gasteiger partial charge >= 0.3 is 0 Å². The van der Waals surface area contributed by atoms with Crippen LogP contribution in [0.5, 0.6) is 0 Å². The van der Waals surface area contributed by atoms with Crippen molar-refractivity contribution < 1.29 is 14.5 Å². The second-order valence-electron chi connectivity index (χ2n) is 9.44. The first-order valence-corrected chi connectivity index (χ1v) is 12.1. The zero-order valence-corrected chi connectivity index (χ0v) is 19.7. The number of amides is 1. The highest BCUT2D eigenvalue weighted by atomic mass is 16.6. The number of nitro groups is 1. The number of nitro benzene ring substituents is 1. The number of aliphatic imine (C=N–C) groups is 1. The van der Waals surface area contributed by atoms with Crippen LogP contribution in [0.15, 0.2) is 41.5 Å². The van der Waals surface area contributed by atoms with Crippen LogP contribution in [0, 0.1) is 16.0 Å². The Morgan fingerprint density at radius 3 is 2.73 bits per heavy atom. The summed E-state index contributed by atoms with van der Waals surface area (Å²) in [5.74, 6) is 0.500. The maximum absolute atomic E-state index is 13.3. The van der Waals surface area contributed by atoms with Crippen molar-refractivity contribution in [3.63, 3.8) is 0 Å². The summed E-state index contributed by atoms with van der Waals surface area (Å²) in [4.78, 5) is 41.5. The summed E-state index contributed by atoms with van der Waals surface area (Å²) >= 11 is 0. The molecule has 1 heterocycles. The maximum atomic E-state index is 13.3. The van der Waals surface area contributed by atoms with Gasteiger partial charge < -0.3 is 10.1 Å². The molecule has 1 amide bonds. The first-order valence-electron chi connectivity index (χ1n) is 12.1. The Labute approximate surface area is 196 Å². The van der Waals surface area contributed by atoms with Crippen LogP contribution < -0.4 is 5.32 Å². The summed E-state index contributed by atoms with van der Waals surface area (Å²) in [6.45, 7) is 3.32. The summed E-state index contributed by atoms with van der Waals surface area (Å²) < 4.78 is 0. The fourth-order valence-electron chi connectivity index (χ4n) is 5.37. The Balaban J connectivity index is 1.74. The van der Waals surface area contributed by atoms with Crippen LogP contribution in [0.2, 0.25) is 12.1 Å². The van der Waals surface area contributed by atoms with E-state index in [1.165, 1.54) is 25.3 Å². The second-order valence-corrected chi connectivity index (χ2v) is 9.44. The van der Waals surface area contributed by atoms with Crippen molar-refractivity contribution in [2.75, 3.05) is 0 Å². The maximum Gasteiger partial charge on any atom is 0.269 e. The number of hydrogen-bond donors (Lipinski definition) is 1. The number of carbonyl (C=O) groups excluding carboxylic acids is 2. The zero-order chi connectivity index (χ0) is 23.8. The molecule has 176 valence electrons. The standard InChI is InChI=1S/C25H34BN3O4/c1-3-14-27-18(2)28-25(31)23(15-19-8-5-4-6-9-19)26-13-12-21(17-24(26)30)20-10-7-11-22(16-20)29(32)33/h3,7,10-11,14,16,19,21,23H,4-6,8-9,12-13,15,17H2,1-2H3,(H,27,28,31)/b14-3-/t21?,23-/m0/s1. The molecule has 1 saturated carbocycles. The lowest BCUT2D eigenvalue weighted by Crippen LogP contribution is -2.45. The second kappa shape index (κ2) is 11.9. The summed E-state index contributed by atoms with van der Waals surface area (Å²) in [5, 5.41) is 14.1. The predicted molar refractivity (Wildman–Crippen MR) is 132 cm³/mol. The molecule has 1 N–H and O–H groups in total. The Kier molecular flexibility index (Phi) is 8.98. The summed E-state index contributed by atoms with van der Waals surface area (Å²) in [5.41, 5.74) is 0.975. The van der Waals surface area contributed by atoms with Crippen molar-refractivity contribution in [1.82, 2.24) is 5.32 Å². The lowest BCUT2D eigenvalue weighted by atomic mass is 9.31. The summed E-state index contributed by atoms with van der Waals surface area (Å²) in [6.07, 6.45) is 11.7. The Hall–Kier alpha value is -2.77. The number of rotatable bonds is 7. The molecule has 0 bridgehead atoms. The van der Waals surface area contributed by atoms with Gasteiger partial charge in [0, 0.05) is 30.6 Å². The van der Waals surface area contributed by atoms with Gasteiger partial charge in [-0.15, -0.1) is 0 Å². The molecular formula is C25H34BN3O4. The van der Waals surface area contributed by atoms with E-state index in [4.69, 9.17) is 0 Å². The molecule has 2 aliphatic rings. The highest BCUT2D eigenvalue weighted by Gasteiger charge is 2.42. The van der Waals surface area contributed by atoms with Gasteiger partial charge in [0.15, 0.2) is 0 Å². The molecular weight excluding hydrogens is 417 g/mol. The smallest absolute Gasteiger partial charge is 0.269 e. The monoisotopic (exact) mass is 451 g/mol. The van der Waals surface area contributed by atoms with E-state index in [2.05, 4.69) is 10.3 Å². The third kappa shape index (κ3) is 6.86. The van der Waals surface area contributed by atoms with Crippen molar-refractivity contribution >= 4 is 29.8 Å². The van der Waals surface area contributed by atoms with E-state index < -0.39 is 4.92 Å². The number of carbonyl (C=O) groups is 2. The molecule has 1 aromatic rings. The van der Waals surface area contributed by atoms with Crippen molar-refractivity contribution in [2.24, 2.45) is 10.9 Å². The number of benzene rings is 1. The van der Waals surface area contributed by atoms with Crippen LogP contribution in [-0.4, -0.2) is 29.1 Å². The van der Waals surface area contributed by atoms with E-state index in [0.717, 1.165) is 31.2 Å². The molecule has 2 fully saturated rings. The first-order chi connectivity index (χ1) is 15.9. The zero-order valence-electron chi connectivity index (χ0n) is 19.7. The van der Waals surface area contributed by atoms with E-state index in [0.29, 0.717) is 24.5 Å². The summed E-state index contributed by atoms with van der Waals surface area (Å²) in [7, 11) is 0. The van der Waals surface area contributed by atoms with Crippen LogP contribution in [0.4, 0.5) is 5.69 Å². The molecule has 3 rings (SSSR count). The molecule has 0 spiro atoms. The highest BCUT2D eigenvalue weighted by molar-refractivity contribution is 6.93. The molecule has 7 nitrogen and oxygen atoms in total. The number of amidine groups is 1. The van der Waals surface area contributed by atoms with Crippen LogP contribution in [-0.2, 0) is 9.59 Å². The van der Waals surface area contributed by atoms with Gasteiger partial charge in [0.05, 0.1) is 10.6 Å². The average molecular weight is 451 g/mol. The Morgan fingerprint density at radius 2 is 2.06 bits per heavy atom. The van der Waals surface area contributed by atoms with E-state index in [9.17, 15) is 19.7 Å². The minimum absolute atomic E-state index is 0.0370. The Bertz CT molecular complexity index is 924. The molecule has 1 aromatic carbocycles.